The molecule has 0 atom stereocenters. The molecule has 0 saturated heterocycles. The van der Waals surface area contributed by atoms with Crippen molar-refractivity contribution in [3.63, 3.8) is 0 Å². The topological polar surface area (TPSA) is 69.6 Å². The highest BCUT2D eigenvalue weighted by atomic mass is 32.1. The lowest BCUT2D eigenvalue weighted by atomic mass is 10.2. The molecular formula is C15H27N5OS. The third-order valence-electron chi connectivity index (χ3n) is 2.99. The summed E-state index contributed by atoms with van der Waals surface area (Å²) in [4.78, 5) is 21.8. The molecule has 0 aliphatic rings. The van der Waals surface area contributed by atoms with E-state index in [1.165, 1.54) is 5.01 Å². The third kappa shape index (κ3) is 7.40. The van der Waals surface area contributed by atoms with Gasteiger partial charge < -0.3 is 15.5 Å². The molecule has 0 unspecified atom stereocenters. The highest BCUT2D eigenvalue weighted by molar-refractivity contribution is 7.09. The first-order valence-electron chi connectivity index (χ1n) is 7.66. The van der Waals surface area contributed by atoms with Crippen molar-refractivity contribution in [1.82, 2.24) is 20.5 Å². The van der Waals surface area contributed by atoms with Crippen molar-refractivity contribution < 1.29 is 4.79 Å². The Hall–Kier alpha value is -1.63. The van der Waals surface area contributed by atoms with Crippen LogP contribution < -0.4 is 10.6 Å². The predicted molar refractivity (Wildman–Crippen MR) is 92.5 cm³/mol. The van der Waals surface area contributed by atoms with Gasteiger partial charge in [0, 0.05) is 38.3 Å². The molecule has 0 fully saturated rings. The fourth-order valence-corrected chi connectivity index (χ4v) is 2.57. The van der Waals surface area contributed by atoms with E-state index in [1.54, 1.807) is 30.3 Å². The van der Waals surface area contributed by atoms with Gasteiger partial charge in [0.2, 0.25) is 5.91 Å². The van der Waals surface area contributed by atoms with E-state index >= 15 is 0 Å². The minimum atomic E-state index is -0.00339. The summed E-state index contributed by atoms with van der Waals surface area (Å²) in [7, 11) is 3.47. The van der Waals surface area contributed by atoms with Crippen molar-refractivity contribution >= 4 is 23.2 Å². The van der Waals surface area contributed by atoms with Gasteiger partial charge in [0.15, 0.2) is 5.96 Å². The fourth-order valence-electron chi connectivity index (χ4n) is 1.76. The van der Waals surface area contributed by atoms with Crippen LogP contribution in [0.1, 0.15) is 30.5 Å². The average molecular weight is 325 g/mol. The Morgan fingerprint density at radius 2 is 2.14 bits per heavy atom. The van der Waals surface area contributed by atoms with Crippen LogP contribution in [0.5, 0.6) is 0 Å². The predicted octanol–water partition coefficient (Wildman–Crippen LogP) is 1.42. The lowest BCUT2D eigenvalue weighted by Gasteiger charge is -2.12. The van der Waals surface area contributed by atoms with Crippen LogP contribution in [0.3, 0.4) is 0 Å². The number of aryl methyl sites for hydroxylation is 2. The van der Waals surface area contributed by atoms with E-state index < -0.39 is 0 Å². The monoisotopic (exact) mass is 325 g/mol. The summed E-state index contributed by atoms with van der Waals surface area (Å²) >= 11 is 1.73. The van der Waals surface area contributed by atoms with E-state index in [4.69, 9.17) is 0 Å². The molecule has 1 heterocycles. The number of nitrogens with one attached hydrogen (secondary N) is 2. The fraction of sp³-hybridized carbons (Fsp3) is 0.667. The number of carbonyl (C=O) groups excluding carboxylic acids is 1. The summed E-state index contributed by atoms with van der Waals surface area (Å²) < 4.78 is 0. The molecule has 0 aliphatic carbocycles. The smallest absolute Gasteiger partial charge is 0.243 e. The summed E-state index contributed by atoms with van der Waals surface area (Å²) in [5.41, 5.74) is 1.10. The number of rotatable bonds is 8. The summed E-state index contributed by atoms with van der Waals surface area (Å²) in [6.07, 6.45) is 3.16. The Bertz CT molecular complexity index is 484. The second-order valence-electron chi connectivity index (χ2n) is 5.25. The lowest BCUT2D eigenvalue weighted by Crippen LogP contribution is -2.38. The summed E-state index contributed by atoms with van der Waals surface area (Å²) in [6.45, 7) is 5.82. The Morgan fingerprint density at radius 3 is 2.73 bits per heavy atom. The van der Waals surface area contributed by atoms with Gasteiger partial charge in [-0.3, -0.25) is 4.79 Å². The zero-order valence-electron chi connectivity index (χ0n) is 14.0. The SMILES string of the molecule is CCNC(=NCC(=O)N(C)C)NCCCCc1nc(C)cs1. The molecule has 1 rings (SSSR count). The maximum absolute atomic E-state index is 11.5. The molecule has 2 N–H and O–H groups in total. The molecule has 0 spiro atoms. The highest BCUT2D eigenvalue weighted by Gasteiger charge is 2.04. The van der Waals surface area contributed by atoms with E-state index in [-0.39, 0.29) is 12.5 Å². The van der Waals surface area contributed by atoms with Crippen LogP contribution in [0.2, 0.25) is 0 Å². The van der Waals surface area contributed by atoms with E-state index in [0.29, 0.717) is 5.96 Å². The number of thiazole rings is 1. The number of carbonyl (C=O) groups is 1. The number of likely N-dealkylation sites (N-methyl/N-ethyl adjacent to an activating group) is 1. The van der Waals surface area contributed by atoms with Crippen LogP contribution in [0, 0.1) is 6.92 Å². The van der Waals surface area contributed by atoms with Gasteiger partial charge in [0.05, 0.1) is 5.01 Å². The van der Waals surface area contributed by atoms with Crippen molar-refractivity contribution in [1.29, 1.82) is 0 Å². The molecule has 0 radical (unpaired) electrons. The van der Waals surface area contributed by atoms with Gasteiger partial charge in [-0.2, -0.15) is 0 Å². The molecule has 0 aliphatic heterocycles. The number of aliphatic imine (C=N–C) groups is 1. The molecule has 7 heteroatoms. The van der Waals surface area contributed by atoms with Crippen molar-refractivity contribution in [2.75, 3.05) is 33.7 Å². The molecule has 0 bridgehead atoms. The van der Waals surface area contributed by atoms with Crippen molar-refractivity contribution in [2.45, 2.75) is 33.1 Å². The van der Waals surface area contributed by atoms with Crippen molar-refractivity contribution in [3.05, 3.63) is 16.1 Å². The summed E-state index contributed by atoms with van der Waals surface area (Å²) in [5, 5.41) is 9.70. The first-order chi connectivity index (χ1) is 10.5. The molecule has 0 aromatic carbocycles. The molecule has 6 nitrogen and oxygen atoms in total. The first-order valence-corrected chi connectivity index (χ1v) is 8.54. The van der Waals surface area contributed by atoms with Gasteiger partial charge >= 0.3 is 0 Å². The molecule has 124 valence electrons. The number of aromatic nitrogens is 1. The van der Waals surface area contributed by atoms with Crippen LogP contribution in [0.25, 0.3) is 0 Å². The molecule has 1 amide bonds. The maximum Gasteiger partial charge on any atom is 0.243 e. The Balaban J connectivity index is 2.25. The Labute approximate surface area is 137 Å². The van der Waals surface area contributed by atoms with Gasteiger partial charge in [-0.15, -0.1) is 11.3 Å². The Morgan fingerprint density at radius 1 is 1.36 bits per heavy atom. The number of nitrogens with zero attached hydrogens (tertiary/aromatic N) is 3. The second kappa shape index (κ2) is 10.2. The van der Waals surface area contributed by atoms with Crippen molar-refractivity contribution in [3.8, 4) is 0 Å². The molecular weight excluding hydrogens is 298 g/mol. The Kier molecular flexibility index (Phi) is 8.50. The van der Waals surface area contributed by atoms with E-state index in [9.17, 15) is 4.79 Å². The van der Waals surface area contributed by atoms with Crippen LogP contribution in [0.15, 0.2) is 10.4 Å². The van der Waals surface area contributed by atoms with Gasteiger partial charge in [-0.1, -0.05) is 0 Å². The van der Waals surface area contributed by atoms with Gasteiger partial charge in [0.1, 0.15) is 6.54 Å². The zero-order valence-corrected chi connectivity index (χ0v) is 14.8. The van der Waals surface area contributed by atoms with Crippen LogP contribution in [-0.4, -0.2) is 55.5 Å². The molecule has 22 heavy (non-hydrogen) atoms. The standard InChI is InChI=1S/C15H27N5OS/c1-5-16-15(18-10-14(21)20(3)4)17-9-7-6-8-13-19-12(2)11-22-13/h11H,5-10H2,1-4H3,(H2,16,17,18). The van der Waals surface area contributed by atoms with E-state index in [2.05, 4.69) is 26.0 Å². The number of guanidine groups is 1. The largest absolute Gasteiger partial charge is 0.357 e. The van der Waals surface area contributed by atoms with E-state index in [0.717, 1.165) is 38.0 Å². The number of hydrogen-bond acceptors (Lipinski definition) is 4. The zero-order chi connectivity index (χ0) is 16.4. The second-order valence-corrected chi connectivity index (χ2v) is 6.19. The molecule has 0 saturated carbocycles. The minimum absolute atomic E-state index is 0.00339. The first kappa shape index (κ1) is 18.4. The van der Waals surface area contributed by atoms with Crippen LogP contribution >= 0.6 is 11.3 Å². The highest BCUT2D eigenvalue weighted by Crippen LogP contribution is 2.11. The van der Waals surface area contributed by atoms with Gasteiger partial charge in [-0.05, 0) is 33.1 Å². The molecule has 1 aromatic rings. The summed E-state index contributed by atoms with van der Waals surface area (Å²) in [5.74, 6) is 0.694. The van der Waals surface area contributed by atoms with Crippen LogP contribution in [-0.2, 0) is 11.2 Å². The number of amides is 1. The lowest BCUT2D eigenvalue weighted by molar-refractivity contribution is -0.127. The van der Waals surface area contributed by atoms with Gasteiger partial charge in [-0.25, -0.2) is 9.98 Å². The van der Waals surface area contributed by atoms with Gasteiger partial charge in [0.25, 0.3) is 0 Å². The minimum Gasteiger partial charge on any atom is -0.357 e. The van der Waals surface area contributed by atoms with E-state index in [1.807, 2.05) is 13.8 Å². The number of unbranched alkanes of at least 4 members (excludes halogenated alkanes) is 1. The summed E-state index contributed by atoms with van der Waals surface area (Å²) in [6, 6.07) is 0. The maximum atomic E-state index is 11.5. The third-order valence-corrected chi connectivity index (χ3v) is 4.02. The average Bonchev–Trinajstić information content (AvgIpc) is 2.89. The van der Waals surface area contributed by atoms with Crippen LogP contribution in [0.4, 0.5) is 0 Å². The quantitative estimate of drug-likeness (QED) is 0.431. The number of hydrogen-bond donors (Lipinski definition) is 2. The normalized spacial score (nSPS) is 11.4. The molecule has 1 aromatic heterocycles. The van der Waals surface area contributed by atoms with Crippen molar-refractivity contribution in [2.24, 2.45) is 4.99 Å².